The number of hydrogen-bond acceptors (Lipinski definition) is 6. The van der Waals surface area contributed by atoms with Gasteiger partial charge in [-0.25, -0.2) is 0 Å². The number of pyridine rings is 1. The topological polar surface area (TPSA) is 90.1 Å². The van der Waals surface area contributed by atoms with Crippen LogP contribution in [0.3, 0.4) is 0 Å². The molecule has 0 saturated heterocycles. The van der Waals surface area contributed by atoms with Gasteiger partial charge in [0.2, 0.25) is 0 Å². The Labute approximate surface area is 281 Å². The minimum Gasteiger partial charge on any atom is -0.512 e. The second kappa shape index (κ2) is 14.9. The van der Waals surface area contributed by atoms with Crippen LogP contribution in [0.25, 0.3) is 31.7 Å². The van der Waals surface area contributed by atoms with Crippen LogP contribution in [0.4, 0.5) is 13.2 Å². The number of aliphatic hydroxyl groups is 1. The summed E-state index contributed by atoms with van der Waals surface area (Å²) in [5.74, 6) is -1.06. The van der Waals surface area contributed by atoms with Crippen LogP contribution in [0.15, 0.2) is 42.3 Å². The molecule has 1 radical (unpaired) electrons. The minimum absolute atomic E-state index is 0. The molecule has 1 aromatic carbocycles. The molecule has 0 unspecified atom stereocenters. The van der Waals surface area contributed by atoms with Gasteiger partial charge in [0, 0.05) is 64.5 Å². The van der Waals surface area contributed by atoms with E-state index in [1.807, 2.05) is 47.6 Å². The normalized spacial score (nSPS) is 13.0. The predicted molar refractivity (Wildman–Crippen MR) is 173 cm³/mol. The van der Waals surface area contributed by atoms with E-state index in [1.54, 1.807) is 6.20 Å². The molecule has 0 atom stereocenters. The van der Waals surface area contributed by atoms with Gasteiger partial charge in [-0.1, -0.05) is 68.4 Å². The van der Waals surface area contributed by atoms with Gasteiger partial charge in [-0.3, -0.25) is 9.78 Å². The summed E-state index contributed by atoms with van der Waals surface area (Å²) in [5, 5.41) is 18.9. The molecule has 0 saturated carbocycles. The quantitative estimate of drug-likeness (QED) is 0.134. The van der Waals surface area contributed by atoms with Gasteiger partial charge in [0.25, 0.3) is 0 Å². The van der Waals surface area contributed by atoms with Gasteiger partial charge in [-0.05, 0) is 61.3 Å². The van der Waals surface area contributed by atoms with E-state index in [9.17, 15) is 23.1 Å². The van der Waals surface area contributed by atoms with Crippen LogP contribution in [-0.2, 0) is 37.5 Å². The molecule has 0 spiro atoms. The Morgan fingerprint density at radius 1 is 0.911 bits per heavy atom. The number of carbonyl (C=O) groups excluding carboxylic acids is 1. The van der Waals surface area contributed by atoms with Crippen LogP contribution in [0.5, 0.6) is 0 Å². The smallest absolute Gasteiger partial charge is 0.421 e. The first-order valence-electron chi connectivity index (χ1n) is 15.1. The largest absolute Gasteiger partial charge is 0.512 e. The van der Waals surface area contributed by atoms with E-state index >= 15 is 0 Å². The molecule has 6 nitrogen and oxygen atoms in total. The maximum Gasteiger partial charge on any atom is 0.421 e. The first-order chi connectivity index (χ1) is 20.4. The van der Waals surface area contributed by atoms with E-state index < -0.39 is 12.0 Å². The fourth-order valence-electron chi connectivity index (χ4n) is 4.78. The first-order valence-corrected chi connectivity index (χ1v) is 15.9. The fraction of sp³-hybridized carbons (Fsp3) is 0.529. The van der Waals surface area contributed by atoms with Gasteiger partial charge in [0.15, 0.2) is 5.78 Å². The van der Waals surface area contributed by atoms with E-state index in [-0.39, 0.29) is 53.7 Å². The third-order valence-corrected chi connectivity index (χ3v) is 9.90. The molecule has 0 aliphatic rings. The maximum absolute atomic E-state index is 12.8. The standard InChI is InChI=1S/C19H16F3N4S.C15H28O2.Ir/c1-18(2,3)9-10-4-5-13-12(8-10)11-6-7-23-14(15(11)27-13)16-24-17(26-25-16)19(20,21)22;1-7-14(5,8-2)12(16)11-13(17)15(6,9-3)10-4;/h4-8H,9H2,1-3H3;11,16H,7-10H2,1-6H3;/q-1;;/b;12-11-;. The van der Waals surface area contributed by atoms with Gasteiger partial charge in [0.1, 0.15) is 5.76 Å². The molecule has 0 fully saturated rings. The second-order valence-corrected chi connectivity index (χ2v) is 14.1. The molecule has 0 aliphatic heterocycles. The molecule has 0 bridgehead atoms. The maximum atomic E-state index is 12.8. The zero-order chi connectivity index (χ0) is 33.1. The van der Waals surface area contributed by atoms with Crippen LogP contribution in [-0.4, -0.2) is 26.1 Å². The molecule has 1 N–H and O–H groups in total. The number of carbonyl (C=O) groups is 1. The van der Waals surface area contributed by atoms with Crippen LogP contribution in [0.2, 0.25) is 0 Å². The number of ketones is 1. The molecule has 45 heavy (non-hydrogen) atoms. The van der Waals surface area contributed by atoms with E-state index in [4.69, 9.17) is 0 Å². The van der Waals surface area contributed by atoms with Gasteiger partial charge in [0.05, 0.1) is 16.2 Å². The van der Waals surface area contributed by atoms with E-state index in [1.165, 1.54) is 23.0 Å². The molecule has 0 aliphatic carbocycles. The molecule has 0 amide bonds. The Morgan fingerprint density at radius 2 is 1.51 bits per heavy atom. The number of fused-ring (bicyclic) bond motifs is 3. The Balaban J connectivity index is 0.000000343. The molecule has 249 valence electrons. The molecular weight excluding hydrogens is 778 g/mol. The van der Waals surface area contributed by atoms with Gasteiger partial charge >= 0.3 is 6.18 Å². The molecular formula is C34H44F3IrN4O2S-. The summed E-state index contributed by atoms with van der Waals surface area (Å²) in [6, 6.07) is 8.17. The number of benzene rings is 1. The third kappa shape index (κ3) is 9.01. The van der Waals surface area contributed by atoms with Crippen molar-refractivity contribution in [1.29, 1.82) is 0 Å². The van der Waals surface area contributed by atoms with Gasteiger partial charge in [-0.2, -0.15) is 13.2 Å². The number of aromatic nitrogens is 4. The SMILES string of the molecule is CC(C)(C)Cc1ccc2sc3c(-c4nnc(C(F)(F)F)[n-]4)nccc3c2c1.CCC(C)(CC)C(=O)/C=C(\O)C(C)(CC)CC.[Ir]. The van der Waals surface area contributed by atoms with Crippen molar-refractivity contribution >= 4 is 37.3 Å². The van der Waals surface area contributed by atoms with Crippen LogP contribution in [0, 0.1) is 16.2 Å². The van der Waals surface area contributed by atoms with Gasteiger partial charge < -0.3 is 20.3 Å². The Hall–Kier alpha value is -2.62. The van der Waals surface area contributed by atoms with Crippen molar-refractivity contribution in [1.82, 2.24) is 20.2 Å². The summed E-state index contributed by atoms with van der Waals surface area (Å²) in [6.45, 7) is 18.6. The van der Waals surface area contributed by atoms with Crippen molar-refractivity contribution < 1.29 is 43.2 Å². The summed E-state index contributed by atoms with van der Waals surface area (Å²) >= 11 is 1.48. The monoisotopic (exact) mass is 822 g/mol. The Bertz CT molecular complexity index is 1630. The average Bonchev–Trinajstić information content (AvgIpc) is 3.61. The number of halogens is 3. The van der Waals surface area contributed by atoms with Crippen LogP contribution in [0.1, 0.15) is 99.4 Å². The number of aliphatic hydroxyl groups excluding tert-OH is 1. The summed E-state index contributed by atoms with van der Waals surface area (Å²) in [5.41, 5.74) is 1.11. The summed E-state index contributed by atoms with van der Waals surface area (Å²) in [7, 11) is 0. The molecule has 4 rings (SSSR count). The van der Waals surface area contributed by atoms with Crippen LogP contribution >= 0.6 is 11.3 Å². The van der Waals surface area contributed by atoms with E-state index in [0.29, 0.717) is 5.69 Å². The number of alkyl halides is 3. The van der Waals surface area contributed by atoms with Crippen molar-refractivity contribution in [2.24, 2.45) is 16.2 Å². The summed E-state index contributed by atoms with van der Waals surface area (Å²) in [6.07, 6.45) is 2.64. The van der Waals surface area contributed by atoms with E-state index in [2.05, 4.69) is 59.1 Å². The van der Waals surface area contributed by atoms with Crippen molar-refractivity contribution in [2.75, 3.05) is 0 Å². The summed E-state index contributed by atoms with van der Waals surface area (Å²) < 4.78 is 40.2. The molecule has 3 aromatic heterocycles. The number of rotatable bonds is 9. The van der Waals surface area contributed by atoms with Crippen molar-refractivity contribution in [3.8, 4) is 11.5 Å². The Kier molecular flexibility index (Phi) is 12.7. The Morgan fingerprint density at radius 3 is 2.02 bits per heavy atom. The number of allylic oxidation sites excluding steroid dienone is 2. The minimum atomic E-state index is -4.62. The zero-order valence-corrected chi connectivity index (χ0v) is 30.7. The molecule has 11 heteroatoms. The van der Waals surface area contributed by atoms with Crippen molar-refractivity contribution in [3.63, 3.8) is 0 Å². The van der Waals surface area contributed by atoms with Gasteiger partial charge in [-0.15, -0.1) is 11.3 Å². The summed E-state index contributed by atoms with van der Waals surface area (Å²) in [4.78, 5) is 19.9. The molecule has 3 heterocycles. The second-order valence-electron chi connectivity index (χ2n) is 13.1. The van der Waals surface area contributed by atoms with Crippen molar-refractivity contribution in [2.45, 2.75) is 101 Å². The predicted octanol–water partition coefficient (Wildman–Crippen LogP) is 10.1. The average molecular weight is 822 g/mol. The fourth-order valence-corrected chi connectivity index (χ4v) is 5.94. The number of nitrogens with zero attached hydrogens (tertiary/aromatic N) is 4. The number of thiophene rings is 1. The van der Waals surface area contributed by atoms with E-state index in [0.717, 1.165) is 52.3 Å². The zero-order valence-electron chi connectivity index (χ0n) is 27.5. The third-order valence-electron chi connectivity index (χ3n) is 8.70. The van der Waals surface area contributed by atoms with Crippen LogP contribution < -0.4 is 4.98 Å². The van der Waals surface area contributed by atoms with Crippen molar-refractivity contribution in [3.05, 3.63) is 53.7 Å². The first kappa shape index (κ1) is 38.6. The molecule has 4 aromatic rings. The number of hydrogen-bond donors (Lipinski definition) is 1.